The molecule has 1 saturated heterocycles. The first-order chi connectivity index (χ1) is 17.5. The molecule has 2 rings (SSSR count). The fraction of sp³-hybridized carbons (Fsp3) is 0.724. The minimum absolute atomic E-state index is 0.0257. The van der Waals surface area contributed by atoms with Crippen molar-refractivity contribution in [3.05, 3.63) is 35.4 Å². The monoisotopic (exact) mass is 535 g/mol. The van der Waals surface area contributed by atoms with Gasteiger partial charge in [0.1, 0.15) is 0 Å². The summed E-state index contributed by atoms with van der Waals surface area (Å²) in [5.41, 5.74) is 2.18. The van der Waals surface area contributed by atoms with Crippen molar-refractivity contribution in [2.24, 2.45) is 11.8 Å². The number of benzene rings is 1. The van der Waals surface area contributed by atoms with Crippen molar-refractivity contribution in [3.8, 4) is 0 Å². The number of hydrogen-bond donors (Lipinski definition) is 0. The quantitative estimate of drug-likeness (QED) is 0.342. The van der Waals surface area contributed by atoms with E-state index in [9.17, 15) is 18.0 Å². The maximum atomic E-state index is 13.7. The van der Waals surface area contributed by atoms with Crippen LogP contribution in [-0.4, -0.2) is 72.3 Å². The Labute approximate surface area is 225 Å². The van der Waals surface area contributed by atoms with Crippen LogP contribution in [0.25, 0.3) is 0 Å². The molecule has 1 aliphatic heterocycles. The molecule has 0 N–H and O–H groups in total. The Hall–Kier alpha value is -1.93. The lowest BCUT2D eigenvalue weighted by Crippen LogP contribution is -2.52. The minimum atomic E-state index is -3.50. The van der Waals surface area contributed by atoms with Gasteiger partial charge in [0.15, 0.2) is 0 Å². The van der Waals surface area contributed by atoms with Crippen LogP contribution in [0, 0.1) is 18.8 Å². The highest BCUT2D eigenvalue weighted by molar-refractivity contribution is 7.89. The average Bonchev–Trinajstić information content (AvgIpc) is 2.88. The number of sulfonamides is 1. The lowest BCUT2D eigenvalue weighted by atomic mass is 9.95. The number of rotatable bonds is 14. The lowest BCUT2D eigenvalue weighted by Gasteiger charge is -2.40. The van der Waals surface area contributed by atoms with Crippen LogP contribution in [0.15, 0.2) is 24.3 Å². The van der Waals surface area contributed by atoms with Crippen molar-refractivity contribution in [3.63, 3.8) is 0 Å². The number of piperidine rings is 1. The van der Waals surface area contributed by atoms with E-state index >= 15 is 0 Å². The summed E-state index contributed by atoms with van der Waals surface area (Å²) < 4.78 is 26.9. The summed E-state index contributed by atoms with van der Waals surface area (Å²) in [4.78, 5) is 30.7. The van der Waals surface area contributed by atoms with E-state index in [1.165, 1.54) is 4.31 Å². The van der Waals surface area contributed by atoms with Crippen LogP contribution in [0.3, 0.4) is 0 Å². The molecule has 1 aromatic carbocycles. The Morgan fingerprint density at radius 2 is 1.68 bits per heavy atom. The fourth-order valence-electron chi connectivity index (χ4n) is 5.03. The van der Waals surface area contributed by atoms with Gasteiger partial charge in [-0.3, -0.25) is 9.59 Å². The van der Waals surface area contributed by atoms with Gasteiger partial charge in [-0.2, -0.15) is 4.31 Å². The summed E-state index contributed by atoms with van der Waals surface area (Å²) >= 11 is 0. The summed E-state index contributed by atoms with van der Waals surface area (Å²) in [6, 6.07) is 8.10. The summed E-state index contributed by atoms with van der Waals surface area (Å²) in [6.45, 7) is 13.7. The molecule has 0 aromatic heterocycles. The summed E-state index contributed by atoms with van der Waals surface area (Å²) in [5.74, 6) is 0.237. The van der Waals surface area contributed by atoms with Gasteiger partial charge in [0.25, 0.3) is 0 Å². The normalized spacial score (nSPS) is 15.8. The molecular weight excluding hydrogens is 486 g/mol. The summed E-state index contributed by atoms with van der Waals surface area (Å²) in [5, 5.41) is 0. The van der Waals surface area contributed by atoms with Crippen LogP contribution < -0.4 is 0 Å². The largest absolute Gasteiger partial charge is 0.342 e. The molecule has 1 fully saturated rings. The Morgan fingerprint density at radius 1 is 1.05 bits per heavy atom. The van der Waals surface area contributed by atoms with Gasteiger partial charge in [-0.05, 0) is 51.0 Å². The molecule has 0 bridgehead atoms. The van der Waals surface area contributed by atoms with E-state index < -0.39 is 10.0 Å². The third kappa shape index (κ3) is 9.40. The van der Waals surface area contributed by atoms with Gasteiger partial charge in [-0.1, -0.05) is 70.4 Å². The molecular formula is C29H49N3O4S. The molecule has 0 radical (unpaired) electrons. The highest BCUT2D eigenvalue weighted by Gasteiger charge is 2.33. The number of carbonyl (C=O) groups is 2. The zero-order valence-electron chi connectivity index (χ0n) is 23.9. The molecule has 0 saturated carbocycles. The second-order valence-corrected chi connectivity index (χ2v) is 13.2. The average molecular weight is 536 g/mol. The third-order valence-corrected chi connectivity index (χ3v) is 9.19. The molecule has 8 heteroatoms. The van der Waals surface area contributed by atoms with Gasteiger partial charge in [0.05, 0.1) is 12.3 Å². The molecule has 0 spiro atoms. The van der Waals surface area contributed by atoms with Gasteiger partial charge in [-0.15, -0.1) is 0 Å². The second kappa shape index (κ2) is 14.9. The predicted molar refractivity (Wildman–Crippen MR) is 151 cm³/mol. The number of carbonyl (C=O) groups excluding carboxylic acids is 2. The van der Waals surface area contributed by atoms with Crippen molar-refractivity contribution < 1.29 is 18.0 Å². The van der Waals surface area contributed by atoms with Gasteiger partial charge >= 0.3 is 0 Å². The van der Waals surface area contributed by atoms with E-state index in [2.05, 4.69) is 13.8 Å². The Kier molecular flexibility index (Phi) is 12.6. The molecule has 1 aromatic rings. The first kappa shape index (κ1) is 31.3. The van der Waals surface area contributed by atoms with E-state index in [1.54, 1.807) is 6.92 Å². The number of amides is 2. The molecule has 1 heterocycles. The maximum absolute atomic E-state index is 13.7. The van der Waals surface area contributed by atoms with Gasteiger partial charge in [0.2, 0.25) is 21.8 Å². The lowest BCUT2D eigenvalue weighted by molar-refractivity contribution is -0.140. The van der Waals surface area contributed by atoms with Gasteiger partial charge < -0.3 is 9.80 Å². The SMILES string of the molecule is CCCCC(CC)C(=O)N1CCC(N(Cc2ccc(C)cc2)C(=O)CN(CC(C)C)S(=O)(=O)CC)CC1. The molecule has 0 aliphatic carbocycles. The number of unbranched alkanes of at least 4 members (excludes halogenated alkanes) is 1. The molecule has 210 valence electrons. The molecule has 37 heavy (non-hydrogen) atoms. The Bertz CT molecular complexity index is 954. The zero-order valence-corrected chi connectivity index (χ0v) is 24.7. The standard InChI is InChI=1S/C29H49N3O4S/c1-7-10-11-26(8-2)29(34)30-18-16-27(17-19-30)32(21-25-14-12-24(6)13-15-25)28(33)22-31(20-23(4)5)37(35,36)9-3/h12-15,23,26-27H,7-11,16-22H2,1-6H3. The van der Waals surface area contributed by atoms with Crippen LogP contribution in [0.1, 0.15) is 84.3 Å². The van der Waals surface area contributed by atoms with Crippen molar-refractivity contribution in [2.45, 2.75) is 92.7 Å². The van der Waals surface area contributed by atoms with Crippen LogP contribution in [0.5, 0.6) is 0 Å². The first-order valence-corrected chi connectivity index (χ1v) is 15.7. The fourth-order valence-corrected chi connectivity index (χ4v) is 6.23. The van der Waals surface area contributed by atoms with Crippen LogP contribution in [-0.2, 0) is 26.2 Å². The topological polar surface area (TPSA) is 78.0 Å². The van der Waals surface area contributed by atoms with Crippen molar-refractivity contribution in [2.75, 3.05) is 31.9 Å². The summed E-state index contributed by atoms with van der Waals surface area (Å²) in [6.07, 6.45) is 5.35. The molecule has 1 atom stereocenters. The van der Waals surface area contributed by atoms with Gasteiger partial charge in [-0.25, -0.2) is 8.42 Å². The van der Waals surface area contributed by atoms with Crippen LogP contribution >= 0.6 is 0 Å². The molecule has 7 nitrogen and oxygen atoms in total. The first-order valence-electron chi connectivity index (χ1n) is 14.1. The number of aryl methyl sites for hydroxylation is 1. The number of hydrogen-bond acceptors (Lipinski definition) is 4. The number of likely N-dealkylation sites (tertiary alicyclic amines) is 1. The zero-order chi connectivity index (χ0) is 27.6. The molecule has 2 amide bonds. The third-order valence-electron chi connectivity index (χ3n) is 7.40. The number of nitrogens with zero attached hydrogens (tertiary/aromatic N) is 3. The second-order valence-electron chi connectivity index (χ2n) is 10.9. The Balaban J connectivity index is 2.20. The smallest absolute Gasteiger partial charge is 0.238 e. The van der Waals surface area contributed by atoms with Crippen LogP contribution in [0.2, 0.25) is 0 Å². The highest BCUT2D eigenvalue weighted by Crippen LogP contribution is 2.24. The van der Waals surface area contributed by atoms with Gasteiger partial charge in [0, 0.05) is 38.1 Å². The van der Waals surface area contributed by atoms with E-state index in [0.717, 1.165) is 36.8 Å². The van der Waals surface area contributed by atoms with E-state index in [-0.39, 0.29) is 42.0 Å². The minimum Gasteiger partial charge on any atom is -0.342 e. The molecule has 1 aliphatic rings. The Morgan fingerprint density at radius 3 is 2.19 bits per heavy atom. The van der Waals surface area contributed by atoms with E-state index in [4.69, 9.17) is 0 Å². The predicted octanol–water partition coefficient (Wildman–Crippen LogP) is 4.84. The van der Waals surface area contributed by atoms with Crippen LogP contribution in [0.4, 0.5) is 0 Å². The van der Waals surface area contributed by atoms with Crippen molar-refractivity contribution in [1.82, 2.24) is 14.1 Å². The highest BCUT2D eigenvalue weighted by atomic mass is 32.2. The molecule has 1 unspecified atom stereocenters. The summed E-state index contributed by atoms with van der Waals surface area (Å²) in [7, 11) is -3.50. The maximum Gasteiger partial charge on any atom is 0.238 e. The van der Waals surface area contributed by atoms with Crippen molar-refractivity contribution >= 4 is 21.8 Å². The van der Waals surface area contributed by atoms with E-state index in [0.29, 0.717) is 39.0 Å². The van der Waals surface area contributed by atoms with Crippen molar-refractivity contribution in [1.29, 1.82) is 0 Å². The van der Waals surface area contributed by atoms with E-state index in [1.807, 2.05) is 54.8 Å².